The zero-order valence-electron chi connectivity index (χ0n) is 44.8. The topological polar surface area (TPSA) is 24.6 Å². The van der Waals surface area contributed by atoms with Crippen LogP contribution in [-0.2, 0) is 0 Å². The van der Waals surface area contributed by atoms with Crippen LogP contribution in [0.5, 0.6) is 0 Å². The van der Waals surface area contributed by atoms with Gasteiger partial charge in [0.2, 0.25) is 0 Å². The van der Waals surface area contributed by atoms with Gasteiger partial charge in [0.15, 0.2) is 5.58 Å². The van der Waals surface area contributed by atoms with Crippen LogP contribution in [-0.4, -0.2) is 4.57 Å². The van der Waals surface area contributed by atoms with E-state index in [1.54, 1.807) is 0 Å². The van der Waals surface area contributed by atoms with E-state index in [1.807, 2.05) is 0 Å². The number of para-hydroxylation sites is 3. The average molecular weight is 1050 g/mol. The average Bonchev–Trinajstić information content (AvgIpc) is 2.85. The summed E-state index contributed by atoms with van der Waals surface area (Å²) in [5, 5.41) is 4.38. The molecule has 2 heterocycles. The first kappa shape index (κ1) is 48.2. The highest BCUT2D eigenvalue weighted by molar-refractivity contribution is 6.26. The van der Waals surface area contributed by atoms with E-state index in [9.17, 15) is 0 Å². The van der Waals surface area contributed by atoms with Gasteiger partial charge >= 0.3 is 0 Å². The first-order chi connectivity index (χ1) is 40.7. The lowest BCUT2D eigenvalue weighted by atomic mass is 9.95. The summed E-state index contributed by atoms with van der Waals surface area (Å²) in [6.45, 7) is 0. The van der Waals surface area contributed by atoms with Crippen LogP contribution in [0, 0.1) is 0 Å². The lowest BCUT2D eigenvalue weighted by Gasteiger charge is -2.31. The maximum Gasteiger partial charge on any atom is 0.160 e. The second kappa shape index (κ2) is 20.7. The summed E-state index contributed by atoms with van der Waals surface area (Å²) < 4.78 is 9.58. The van der Waals surface area contributed by atoms with Crippen molar-refractivity contribution in [3.05, 3.63) is 322 Å². The number of hydrogen-bond acceptors (Lipinski definition) is 3. The van der Waals surface area contributed by atoms with Gasteiger partial charge in [-0.15, -0.1) is 0 Å². The molecule has 0 atom stereocenters. The van der Waals surface area contributed by atoms with Crippen molar-refractivity contribution in [1.29, 1.82) is 0 Å². The van der Waals surface area contributed by atoms with E-state index < -0.39 is 0 Å². The molecule has 0 radical (unpaired) electrons. The predicted octanol–water partition coefficient (Wildman–Crippen LogP) is 22.0. The Morgan fingerprint density at radius 3 is 1.04 bits per heavy atom. The quantitative estimate of drug-likeness (QED) is 0.122. The minimum absolute atomic E-state index is 0.838. The highest BCUT2D eigenvalue weighted by Crippen LogP contribution is 2.49. The van der Waals surface area contributed by atoms with Crippen LogP contribution in [0.3, 0.4) is 0 Å². The van der Waals surface area contributed by atoms with E-state index >= 15 is 0 Å². The predicted molar refractivity (Wildman–Crippen MR) is 345 cm³/mol. The van der Waals surface area contributed by atoms with Gasteiger partial charge in [-0.2, -0.15) is 0 Å². The lowest BCUT2D eigenvalue weighted by Crippen LogP contribution is -2.14. The van der Waals surface area contributed by atoms with Crippen LogP contribution >= 0.6 is 0 Å². The Morgan fingerprint density at radius 1 is 0.256 bits per heavy atom. The summed E-state index contributed by atoms with van der Waals surface area (Å²) >= 11 is 0. The minimum Gasteiger partial charge on any atom is -0.454 e. The number of aromatic nitrogens is 1. The molecular formula is C78H53N3O. The van der Waals surface area contributed by atoms with Crippen molar-refractivity contribution in [2.45, 2.75) is 0 Å². The van der Waals surface area contributed by atoms with Crippen molar-refractivity contribution in [2.75, 3.05) is 9.80 Å². The van der Waals surface area contributed by atoms with Gasteiger partial charge in [-0.3, -0.25) is 0 Å². The van der Waals surface area contributed by atoms with Gasteiger partial charge in [0.1, 0.15) is 5.58 Å². The Balaban J connectivity index is 1.02. The third-order valence-corrected chi connectivity index (χ3v) is 16.0. The highest BCUT2D eigenvalue weighted by atomic mass is 16.3. The van der Waals surface area contributed by atoms with Crippen molar-refractivity contribution in [1.82, 2.24) is 4.57 Å². The molecular weight excluding hydrogens is 995 g/mol. The van der Waals surface area contributed by atoms with Crippen molar-refractivity contribution in [2.24, 2.45) is 0 Å². The second-order valence-corrected chi connectivity index (χ2v) is 20.9. The summed E-state index contributed by atoms with van der Waals surface area (Å²) in [6, 6.07) is 116. The van der Waals surface area contributed by atoms with Gasteiger partial charge in [0.25, 0.3) is 0 Å². The molecule has 0 spiro atoms. The van der Waals surface area contributed by atoms with Crippen LogP contribution in [0.15, 0.2) is 326 Å². The van der Waals surface area contributed by atoms with E-state index in [1.165, 1.54) is 22.3 Å². The van der Waals surface area contributed by atoms with Crippen molar-refractivity contribution >= 4 is 77.9 Å². The van der Waals surface area contributed by atoms with Gasteiger partial charge in [-0.05, 0) is 153 Å². The molecule has 0 amide bonds. The molecule has 0 unspecified atom stereocenters. The van der Waals surface area contributed by atoms with Crippen molar-refractivity contribution in [3.63, 3.8) is 0 Å². The van der Waals surface area contributed by atoms with Crippen LogP contribution < -0.4 is 9.80 Å². The number of furan rings is 1. The lowest BCUT2D eigenvalue weighted by molar-refractivity contribution is 0.671. The Hall–Kier alpha value is -10.9. The Morgan fingerprint density at radius 2 is 0.610 bits per heavy atom. The van der Waals surface area contributed by atoms with Gasteiger partial charge in [-0.1, -0.05) is 224 Å². The van der Waals surface area contributed by atoms with Crippen LogP contribution in [0.1, 0.15) is 0 Å². The molecule has 13 aromatic carbocycles. The SMILES string of the molecule is c1ccc(-c2ccc(N(c3ccc(-c4ccccc4)cc3)c3cc(-c4cc5c6ccccc6n(-c6ccccc6)c5c5oc6ccccc6c45)cc(N(c4ccc(-c5ccccc5)cc4)c4ccc(-c5ccccc5)cc4)c3)cc2)cc1. The van der Waals surface area contributed by atoms with Gasteiger partial charge in [0.05, 0.1) is 11.0 Å². The van der Waals surface area contributed by atoms with Crippen LogP contribution in [0.2, 0.25) is 0 Å². The molecule has 0 N–H and O–H groups in total. The molecule has 0 aliphatic carbocycles. The first-order valence-electron chi connectivity index (χ1n) is 28.0. The highest BCUT2D eigenvalue weighted by Gasteiger charge is 2.26. The summed E-state index contributed by atoms with van der Waals surface area (Å²) in [4.78, 5) is 4.83. The Kier molecular flexibility index (Phi) is 12.2. The van der Waals surface area contributed by atoms with E-state index in [2.05, 4.69) is 336 Å². The van der Waals surface area contributed by atoms with Crippen molar-refractivity contribution in [3.8, 4) is 61.3 Å². The van der Waals surface area contributed by atoms with E-state index in [-0.39, 0.29) is 0 Å². The summed E-state index contributed by atoms with van der Waals surface area (Å²) in [7, 11) is 0. The van der Waals surface area contributed by atoms with E-state index in [0.29, 0.717) is 0 Å². The molecule has 0 aliphatic heterocycles. The fourth-order valence-corrected chi connectivity index (χ4v) is 12.0. The molecule has 15 aromatic rings. The zero-order valence-corrected chi connectivity index (χ0v) is 44.8. The Bertz CT molecular complexity index is 4370. The molecule has 82 heavy (non-hydrogen) atoms. The second-order valence-electron chi connectivity index (χ2n) is 20.9. The number of nitrogens with zero attached hydrogens (tertiary/aromatic N) is 3. The molecule has 386 valence electrons. The van der Waals surface area contributed by atoms with Crippen molar-refractivity contribution < 1.29 is 4.42 Å². The molecule has 0 aliphatic rings. The molecule has 4 nitrogen and oxygen atoms in total. The number of fused-ring (bicyclic) bond motifs is 7. The summed E-state index contributed by atoms with van der Waals surface area (Å²) in [5.41, 5.74) is 22.4. The third-order valence-electron chi connectivity index (χ3n) is 16.0. The number of benzene rings is 13. The molecule has 2 aromatic heterocycles. The molecule has 15 rings (SSSR count). The summed E-state index contributed by atoms with van der Waals surface area (Å²) in [6.07, 6.45) is 0. The molecule has 4 heteroatoms. The maximum absolute atomic E-state index is 7.20. The molecule has 0 saturated carbocycles. The number of hydrogen-bond donors (Lipinski definition) is 0. The van der Waals surface area contributed by atoms with Gasteiger partial charge in [-0.25, -0.2) is 0 Å². The summed E-state index contributed by atoms with van der Waals surface area (Å²) in [5.74, 6) is 0. The molecule has 0 bridgehead atoms. The minimum atomic E-state index is 0.838. The number of rotatable bonds is 12. The van der Waals surface area contributed by atoms with Gasteiger partial charge in [0, 0.05) is 61.4 Å². The van der Waals surface area contributed by atoms with Gasteiger partial charge < -0.3 is 18.8 Å². The van der Waals surface area contributed by atoms with Crippen LogP contribution in [0.4, 0.5) is 34.1 Å². The standard InChI is InChI=1S/C78H53N3O/c1-6-20-54(21-7-1)58-34-42-64(43-35-58)79(65-44-36-59(37-45-65)55-22-8-2-9-23-55)68-50-62(72-53-73-70-30-16-18-32-74(70)81(63-28-14-5-15-29-63)77(73)78-76(72)71-31-17-19-33-75(71)82-78)51-69(52-68)80(66-46-38-60(39-47-66)56-24-10-3-11-25-56)67-48-40-61(41-49-67)57-26-12-4-13-27-57/h1-53H. The fraction of sp³-hybridized carbons (Fsp3) is 0. The maximum atomic E-state index is 7.20. The largest absolute Gasteiger partial charge is 0.454 e. The number of anilines is 6. The smallest absolute Gasteiger partial charge is 0.160 e. The van der Waals surface area contributed by atoms with Crippen LogP contribution in [0.25, 0.3) is 105 Å². The molecule has 0 fully saturated rings. The third kappa shape index (κ3) is 8.76. The fourth-order valence-electron chi connectivity index (χ4n) is 12.0. The zero-order chi connectivity index (χ0) is 54.3. The van der Waals surface area contributed by atoms with E-state index in [0.717, 1.165) is 117 Å². The monoisotopic (exact) mass is 1050 g/mol. The first-order valence-corrected chi connectivity index (χ1v) is 28.0. The normalized spacial score (nSPS) is 11.4. The Labute approximate surface area is 476 Å². The van der Waals surface area contributed by atoms with E-state index in [4.69, 9.17) is 4.42 Å². The molecule has 0 saturated heterocycles.